The summed E-state index contributed by atoms with van der Waals surface area (Å²) in [6, 6.07) is 17.6. The molecule has 0 saturated heterocycles. The van der Waals surface area contributed by atoms with Crippen LogP contribution in [-0.4, -0.2) is 42.0 Å². The second-order valence-corrected chi connectivity index (χ2v) is 9.38. The van der Waals surface area contributed by atoms with Gasteiger partial charge in [-0.2, -0.15) is 0 Å². The molecule has 0 radical (unpaired) electrons. The van der Waals surface area contributed by atoms with Gasteiger partial charge in [0.05, 0.1) is 13.0 Å². The number of hydrogen-bond acceptors (Lipinski definition) is 4. The topological polar surface area (TPSA) is 80.6 Å². The number of carbonyl (C=O) groups excluding carboxylic acids is 3. The Hall–Kier alpha value is -3.61. The lowest BCUT2D eigenvalue weighted by Crippen LogP contribution is -2.40. The van der Waals surface area contributed by atoms with E-state index in [1.807, 2.05) is 60.0 Å². The van der Waals surface area contributed by atoms with Crippen molar-refractivity contribution in [1.29, 1.82) is 0 Å². The lowest BCUT2D eigenvalue weighted by Gasteiger charge is -2.28. The smallest absolute Gasteiger partial charge is 0.308 e. The first-order chi connectivity index (χ1) is 17.4. The van der Waals surface area contributed by atoms with Crippen LogP contribution < -0.4 is 10.2 Å². The van der Waals surface area contributed by atoms with E-state index in [4.69, 9.17) is 4.74 Å². The highest BCUT2D eigenvalue weighted by Gasteiger charge is 2.29. The van der Waals surface area contributed by atoms with Crippen LogP contribution in [0.3, 0.4) is 0 Å². The molecule has 1 saturated carbocycles. The number of rotatable bonds is 8. The average Bonchev–Trinajstić information content (AvgIpc) is 3.27. The Morgan fingerprint density at radius 1 is 1.00 bits per heavy atom. The molecule has 0 atom stereocenters. The predicted molar refractivity (Wildman–Crippen MR) is 141 cm³/mol. The largest absolute Gasteiger partial charge is 0.469 e. The van der Waals surface area contributed by atoms with E-state index in [0.717, 1.165) is 35.9 Å². The third kappa shape index (κ3) is 5.45. The highest BCUT2D eigenvalue weighted by molar-refractivity contribution is 6.01. The Labute approximate surface area is 212 Å². The highest BCUT2D eigenvalue weighted by atomic mass is 16.5. The molecule has 1 aliphatic rings. The molecule has 190 valence electrons. The molecule has 3 aromatic rings. The molecule has 2 aromatic carbocycles. The number of anilines is 1. The molecule has 0 spiro atoms. The van der Waals surface area contributed by atoms with Crippen molar-refractivity contribution in [1.82, 2.24) is 9.88 Å². The summed E-state index contributed by atoms with van der Waals surface area (Å²) in [5, 5.41) is 4.06. The molecule has 36 heavy (non-hydrogen) atoms. The summed E-state index contributed by atoms with van der Waals surface area (Å²) in [5.41, 5.74) is 3.36. The quantitative estimate of drug-likeness (QED) is 0.465. The molecule has 2 amide bonds. The zero-order chi connectivity index (χ0) is 25.7. The number of methoxy groups -OCH3 is 1. The zero-order valence-electron chi connectivity index (χ0n) is 21.3. The van der Waals surface area contributed by atoms with Crippen molar-refractivity contribution in [3.05, 3.63) is 65.9 Å². The highest BCUT2D eigenvalue weighted by Crippen LogP contribution is 2.27. The van der Waals surface area contributed by atoms with Crippen molar-refractivity contribution in [2.24, 2.45) is 5.92 Å². The van der Waals surface area contributed by atoms with Gasteiger partial charge in [0.25, 0.3) is 5.91 Å². The normalized spacial score (nSPS) is 17.5. The first-order valence-corrected chi connectivity index (χ1v) is 12.8. The summed E-state index contributed by atoms with van der Waals surface area (Å²) in [6.45, 7) is 4.66. The molecule has 1 fully saturated rings. The summed E-state index contributed by atoms with van der Waals surface area (Å²) in [6.07, 6.45) is 3.74. The van der Waals surface area contributed by atoms with E-state index in [9.17, 15) is 14.4 Å². The summed E-state index contributed by atoms with van der Waals surface area (Å²) in [4.78, 5) is 40.5. The number of nitrogens with one attached hydrogen (secondary N) is 1. The van der Waals surface area contributed by atoms with Crippen LogP contribution in [0.25, 0.3) is 10.9 Å². The number of likely N-dealkylation sites (N-methyl/N-ethyl adjacent to an activating group) is 1. The van der Waals surface area contributed by atoms with Crippen LogP contribution in [0, 0.1) is 5.92 Å². The fourth-order valence-corrected chi connectivity index (χ4v) is 5.14. The second-order valence-electron chi connectivity index (χ2n) is 9.38. The Morgan fingerprint density at radius 2 is 1.75 bits per heavy atom. The predicted octanol–water partition coefficient (Wildman–Crippen LogP) is 4.72. The molecule has 1 aromatic heterocycles. The van der Waals surface area contributed by atoms with Crippen molar-refractivity contribution < 1.29 is 19.1 Å². The van der Waals surface area contributed by atoms with Gasteiger partial charge in [-0.1, -0.05) is 37.3 Å². The van der Waals surface area contributed by atoms with Gasteiger partial charge in [0.2, 0.25) is 5.91 Å². The van der Waals surface area contributed by atoms with Crippen molar-refractivity contribution in [2.75, 3.05) is 18.6 Å². The van der Waals surface area contributed by atoms with Gasteiger partial charge in [0, 0.05) is 29.2 Å². The summed E-state index contributed by atoms with van der Waals surface area (Å²) < 4.78 is 6.69. The standard InChI is InChI=1S/C29H35N3O4/c1-4-20-9-8-11-24(17-20)31(5-2)27(33)19-32-25-12-7-6-10-22(25)18-26(32)28(34)30-23-15-13-21(14-16-23)29(35)36-3/h6-12,17-18,21,23H,4-5,13-16,19H2,1-3H3,(H,30,34). The maximum Gasteiger partial charge on any atom is 0.308 e. The van der Waals surface area contributed by atoms with Gasteiger partial charge >= 0.3 is 5.97 Å². The number of benzene rings is 2. The van der Waals surface area contributed by atoms with Crippen molar-refractivity contribution in [3.63, 3.8) is 0 Å². The number of ether oxygens (including phenoxy) is 1. The van der Waals surface area contributed by atoms with E-state index in [1.165, 1.54) is 12.7 Å². The molecule has 1 heterocycles. The van der Waals surface area contributed by atoms with Crippen LogP contribution >= 0.6 is 0 Å². The van der Waals surface area contributed by atoms with E-state index >= 15 is 0 Å². The minimum Gasteiger partial charge on any atom is -0.469 e. The van der Waals surface area contributed by atoms with Gasteiger partial charge in [-0.25, -0.2) is 0 Å². The molecule has 1 aliphatic carbocycles. The number of amides is 2. The minimum absolute atomic E-state index is 0.00973. The molecular weight excluding hydrogens is 454 g/mol. The SMILES string of the molecule is CCc1cccc(N(CC)C(=O)Cn2c(C(=O)NC3CCC(C(=O)OC)CC3)cc3ccccc32)c1. The lowest BCUT2D eigenvalue weighted by molar-refractivity contribution is -0.146. The monoisotopic (exact) mass is 489 g/mol. The third-order valence-corrected chi connectivity index (χ3v) is 7.18. The second kappa shape index (κ2) is 11.4. The number of aromatic nitrogens is 1. The van der Waals surface area contributed by atoms with Gasteiger partial charge in [0.1, 0.15) is 12.2 Å². The zero-order valence-corrected chi connectivity index (χ0v) is 21.3. The molecule has 1 N–H and O–H groups in total. The molecule has 4 rings (SSSR count). The van der Waals surface area contributed by atoms with Gasteiger partial charge in [-0.3, -0.25) is 14.4 Å². The van der Waals surface area contributed by atoms with Crippen LogP contribution in [-0.2, 0) is 27.3 Å². The van der Waals surface area contributed by atoms with E-state index in [2.05, 4.69) is 18.3 Å². The third-order valence-electron chi connectivity index (χ3n) is 7.18. The number of fused-ring (bicyclic) bond motifs is 1. The van der Waals surface area contributed by atoms with Crippen molar-refractivity contribution >= 4 is 34.4 Å². The van der Waals surface area contributed by atoms with Gasteiger partial charge in [0.15, 0.2) is 0 Å². The van der Waals surface area contributed by atoms with Gasteiger partial charge < -0.3 is 19.5 Å². The van der Waals surface area contributed by atoms with Crippen LogP contribution in [0.4, 0.5) is 5.69 Å². The summed E-state index contributed by atoms with van der Waals surface area (Å²) >= 11 is 0. The number of aryl methyl sites for hydroxylation is 1. The number of esters is 1. The molecular formula is C29H35N3O4. The maximum absolute atomic E-state index is 13.5. The molecule has 0 bridgehead atoms. The van der Waals surface area contributed by atoms with E-state index in [-0.39, 0.29) is 36.3 Å². The number of carbonyl (C=O) groups is 3. The molecule has 7 nitrogen and oxygen atoms in total. The van der Waals surface area contributed by atoms with E-state index < -0.39 is 0 Å². The fourth-order valence-electron chi connectivity index (χ4n) is 5.14. The first kappa shape index (κ1) is 25.5. The fraction of sp³-hybridized carbons (Fsp3) is 0.414. The summed E-state index contributed by atoms with van der Waals surface area (Å²) in [5.74, 6) is -0.543. The van der Waals surface area contributed by atoms with Crippen LogP contribution in [0.5, 0.6) is 0 Å². The average molecular weight is 490 g/mol. The van der Waals surface area contributed by atoms with Crippen molar-refractivity contribution in [3.8, 4) is 0 Å². The maximum atomic E-state index is 13.5. The van der Waals surface area contributed by atoms with E-state index in [0.29, 0.717) is 25.1 Å². The Morgan fingerprint density at radius 3 is 2.44 bits per heavy atom. The Bertz CT molecular complexity index is 1240. The number of para-hydroxylation sites is 1. The Balaban J connectivity index is 1.55. The molecule has 0 unspecified atom stereocenters. The number of hydrogen-bond donors (Lipinski definition) is 1. The van der Waals surface area contributed by atoms with Gasteiger partial charge in [-0.15, -0.1) is 0 Å². The van der Waals surface area contributed by atoms with Crippen LogP contribution in [0.1, 0.15) is 55.6 Å². The van der Waals surface area contributed by atoms with Crippen molar-refractivity contribution in [2.45, 2.75) is 58.5 Å². The van der Waals surface area contributed by atoms with Gasteiger partial charge in [-0.05, 0) is 68.9 Å². The first-order valence-electron chi connectivity index (χ1n) is 12.8. The van der Waals surface area contributed by atoms with Crippen LogP contribution in [0.15, 0.2) is 54.6 Å². The summed E-state index contributed by atoms with van der Waals surface area (Å²) in [7, 11) is 1.41. The molecule has 0 aliphatic heterocycles. The lowest BCUT2D eigenvalue weighted by atomic mass is 9.86. The van der Waals surface area contributed by atoms with E-state index in [1.54, 1.807) is 4.90 Å². The van der Waals surface area contributed by atoms with Crippen LogP contribution in [0.2, 0.25) is 0 Å². The number of nitrogens with zero attached hydrogens (tertiary/aromatic N) is 2. The Kier molecular flexibility index (Phi) is 8.08. The minimum atomic E-state index is -0.198. The molecule has 7 heteroatoms.